The summed E-state index contributed by atoms with van der Waals surface area (Å²) >= 11 is 0. The second-order valence-electron chi connectivity index (χ2n) is 6.83. The van der Waals surface area contributed by atoms with Crippen LogP contribution < -0.4 is 4.90 Å². The zero-order valence-electron chi connectivity index (χ0n) is 14.7. The number of aryl methyl sites for hydroxylation is 1. The van der Waals surface area contributed by atoms with E-state index in [-0.39, 0.29) is 0 Å². The predicted octanol–water partition coefficient (Wildman–Crippen LogP) is 4.18. The van der Waals surface area contributed by atoms with Gasteiger partial charge in [0.15, 0.2) is 0 Å². The largest absolute Gasteiger partial charge is 0.508 e. The minimum atomic E-state index is 0.403. The van der Waals surface area contributed by atoms with E-state index in [9.17, 15) is 5.11 Å². The third kappa shape index (κ3) is 3.20. The number of piperazine rings is 1. The number of fused-ring (bicyclic) bond motifs is 1. The number of phenols is 1. The van der Waals surface area contributed by atoms with E-state index >= 15 is 0 Å². The lowest BCUT2D eigenvalue weighted by Crippen LogP contribution is -2.46. The van der Waals surface area contributed by atoms with Gasteiger partial charge in [0.2, 0.25) is 0 Å². The molecule has 3 heteroatoms. The number of hydrogen-bond donors (Lipinski definition) is 1. The summed E-state index contributed by atoms with van der Waals surface area (Å²) in [5, 5.41) is 12.7. The van der Waals surface area contributed by atoms with E-state index in [0.29, 0.717) is 5.75 Å². The number of rotatable bonds is 3. The lowest BCUT2D eigenvalue weighted by molar-refractivity contribution is 0.247. The summed E-state index contributed by atoms with van der Waals surface area (Å²) in [5.41, 5.74) is 3.72. The first kappa shape index (κ1) is 16.0. The van der Waals surface area contributed by atoms with E-state index in [4.69, 9.17) is 0 Å². The Morgan fingerprint density at radius 3 is 2.36 bits per heavy atom. The van der Waals surface area contributed by atoms with Crippen molar-refractivity contribution in [3.8, 4) is 5.75 Å². The molecule has 0 atom stereocenters. The van der Waals surface area contributed by atoms with E-state index in [1.165, 1.54) is 16.6 Å². The molecular weight excluding hydrogens is 308 g/mol. The summed E-state index contributed by atoms with van der Waals surface area (Å²) in [6.07, 6.45) is 0. The quantitative estimate of drug-likeness (QED) is 0.779. The van der Waals surface area contributed by atoms with Crippen molar-refractivity contribution in [1.82, 2.24) is 4.90 Å². The lowest BCUT2D eigenvalue weighted by Gasteiger charge is -2.37. The number of aromatic hydroxyl groups is 1. The van der Waals surface area contributed by atoms with Gasteiger partial charge in [0.05, 0.1) is 0 Å². The summed E-state index contributed by atoms with van der Waals surface area (Å²) < 4.78 is 0. The molecule has 0 unspecified atom stereocenters. The molecule has 25 heavy (non-hydrogen) atoms. The molecule has 0 bridgehead atoms. The van der Waals surface area contributed by atoms with Gasteiger partial charge < -0.3 is 10.0 Å². The van der Waals surface area contributed by atoms with Gasteiger partial charge in [-0.25, -0.2) is 0 Å². The molecule has 128 valence electrons. The van der Waals surface area contributed by atoms with Gasteiger partial charge in [0.1, 0.15) is 5.75 Å². The van der Waals surface area contributed by atoms with Crippen molar-refractivity contribution in [3.05, 3.63) is 71.8 Å². The zero-order valence-corrected chi connectivity index (χ0v) is 14.7. The molecule has 4 rings (SSSR count). The Morgan fingerprint density at radius 2 is 1.56 bits per heavy atom. The molecule has 0 spiro atoms. The van der Waals surface area contributed by atoms with Gasteiger partial charge in [0.25, 0.3) is 0 Å². The van der Waals surface area contributed by atoms with Crippen LogP contribution in [0.25, 0.3) is 10.8 Å². The summed E-state index contributed by atoms with van der Waals surface area (Å²) in [6.45, 7) is 7.05. The highest BCUT2D eigenvalue weighted by Gasteiger charge is 2.20. The molecule has 1 fully saturated rings. The van der Waals surface area contributed by atoms with Crippen LogP contribution in [0.3, 0.4) is 0 Å². The van der Waals surface area contributed by atoms with E-state index in [1.807, 2.05) is 24.3 Å². The van der Waals surface area contributed by atoms with E-state index in [1.54, 1.807) is 0 Å². The fourth-order valence-corrected chi connectivity index (χ4v) is 3.78. The summed E-state index contributed by atoms with van der Waals surface area (Å²) in [6, 6.07) is 20.7. The highest BCUT2D eigenvalue weighted by molar-refractivity contribution is 5.87. The Labute approximate surface area is 149 Å². The van der Waals surface area contributed by atoms with Crippen molar-refractivity contribution in [2.45, 2.75) is 13.5 Å². The van der Waals surface area contributed by atoms with Crippen LogP contribution in [-0.4, -0.2) is 36.2 Å². The molecule has 3 aromatic carbocycles. The number of anilines is 1. The number of benzene rings is 3. The number of phenolic OH excluding ortho intramolecular Hbond substituents is 1. The average Bonchev–Trinajstić information content (AvgIpc) is 2.65. The molecule has 1 saturated heterocycles. The second kappa shape index (κ2) is 6.77. The highest BCUT2D eigenvalue weighted by Crippen LogP contribution is 2.29. The summed E-state index contributed by atoms with van der Waals surface area (Å²) in [5.74, 6) is 0.403. The molecule has 0 aromatic heterocycles. The van der Waals surface area contributed by atoms with Crippen molar-refractivity contribution < 1.29 is 5.11 Å². The number of nitrogens with zero attached hydrogens (tertiary/aromatic N) is 2. The first-order valence-electron chi connectivity index (χ1n) is 8.95. The molecule has 1 aliphatic rings. The maximum atomic E-state index is 10.4. The van der Waals surface area contributed by atoms with Crippen molar-refractivity contribution in [2.75, 3.05) is 31.1 Å². The fourth-order valence-electron chi connectivity index (χ4n) is 3.78. The van der Waals surface area contributed by atoms with Crippen LogP contribution in [0.5, 0.6) is 5.75 Å². The van der Waals surface area contributed by atoms with Crippen LogP contribution >= 0.6 is 0 Å². The first-order valence-corrected chi connectivity index (χ1v) is 8.95. The SMILES string of the molecule is Cc1ccccc1N1CCN(Cc2c(O)ccc3ccccc23)CC1. The number of hydrogen-bond acceptors (Lipinski definition) is 3. The smallest absolute Gasteiger partial charge is 0.120 e. The highest BCUT2D eigenvalue weighted by atomic mass is 16.3. The van der Waals surface area contributed by atoms with Crippen molar-refractivity contribution >= 4 is 16.5 Å². The van der Waals surface area contributed by atoms with E-state index in [0.717, 1.165) is 43.7 Å². The lowest BCUT2D eigenvalue weighted by atomic mass is 10.0. The third-order valence-corrected chi connectivity index (χ3v) is 5.23. The van der Waals surface area contributed by atoms with Crippen LogP contribution in [0.15, 0.2) is 60.7 Å². The van der Waals surface area contributed by atoms with Crippen molar-refractivity contribution in [2.24, 2.45) is 0 Å². The van der Waals surface area contributed by atoms with Crippen molar-refractivity contribution in [3.63, 3.8) is 0 Å². The topological polar surface area (TPSA) is 26.7 Å². The monoisotopic (exact) mass is 332 g/mol. The maximum absolute atomic E-state index is 10.4. The summed E-state index contributed by atoms with van der Waals surface area (Å²) in [7, 11) is 0. The standard InChI is InChI=1S/C22H24N2O/c1-17-6-2-5-9-21(17)24-14-12-23(13-15-24)16-20-19-8-4-3-7-18(19)10-11-22(20)25/h2-11,25H,12-16H2,1H3. The molecule has 0 saturated carbocycles. The van der Waals surface area contributed by atoms with Crippen LogP contribution in [0.2, 0.25) is 0 Å². The second-order valence-corrected chi connectivity index (χ2v) is 6.83. The Morgan fingerprint density at radius 1 is 0.840 bits per heavy atom. The Hall–Kier alpha value is -2.52. The average molecular weight is 332 g/mol. The Kier molecular flexibility index (Phi) is 4.33. The van der Waals surface area contributed by atoms with Crippen LogP contribution in [0.1, 0.15) is 11.1 Å². The Balaban J connectivity index is 1.49. The van der Waals surface area contributed by atoms with Crippen LogP contribution in [0.4, 0.5) is 5.69 Å². The van der Waals surface area contributed by atoms with Gasteiger partial charge in [-0.3, -0.25) is 4.90 Å². The molecule has 0 amide bonds. The van der Waals surface area contributed by atoms with Gasteiger partial charge in [-0.15, -0.1) is 0 Å². The van der Waals surface area contributed by atoms with Crippen molar-refractivity contribution in [1.29, 1.82) is 0 Å². The van der Waals surface area contributed by atoms with Gasteiger partial charge in [-0.2, -0.15) is 0 Å². The molecule has 1 heterocycles. The zero-order chi connectivity index (χ0) is 17.2. The minimum Gasteiger partial charge on any atom is -0.508 e. The molecule has 0 radical (unpaired) electrons. The molecule has 1 aliphatic heterocycles. The molecule has 1 N–H and O–H groups in total. The van der Waals surface area contributed by atoms with Crippen LogP contribution in [0, 0.1) is 6.92 Å². The fraction of sp³-hybridized carbons (Fsp3) is 0.273. The first-order chi connectivity index (χ1) is 12.2. The van der Waals surface area contributed by atoms with Gasteiger partial charge >= 0.3 is 0 Å². The van der Waals surface area contributed by atoms with Gasteiger partial charge in [-0.05, 0) is 35.4 Å². The predicted molar refractivity (Wildman–Crippen MR) is 104 cm³/mol. The third-order valence-electron chi connectivity index (χ3n) is 5.23. The normalized spacial score (nSPS) is 15.6. The molecular formula is C22H24N2O. The maximum Gasteiger partial charge on any atom is 0.120 e. The summed E-state index contributed by atoms with van der Waals surface area (Å²) in [4.78, 5) is 4.91. The van der Waals surface area contributed by atoms with E-state index < -0.39 is 0 Å². The molecule has 0 aliphatic carbocycles. The molecule has 3 nitrogen and oxygen atoms in total. The van der Waals surface area contributed by atoms with E-state index in [2.05, 4.69) is 53.1 Å². The minimum absolute atomic E-state index is 0.403. The van der Waals surface area contributed by atoms with Gasteiger partial charge in [0, 0.05) is 44.0 Å². The molecule has 3 aromatic rings. The van der Waals surface area contributed by atoms with Crippen LogP contribution in [-0.2, 0) is 6.54 Å². The number of para-hydroxylation sites is 1. The Bertz CT molecular complexity index is 882. The van der Waals surface area contributed by atoms with Gasteiger partial charge in [-0.1, -0.05) is 48.5 Å².